The van der Waals surface area contributed by atoms with Crippen LogP contribution in [-0.4, -0.2) is 48.6 Å². The van der Waals surface area contributed by atoms with E-state index in [4.69, 9.17) is 0 Å². The zero-order valence-electron chi connectivity index (χ0n) is 9.38. The average molecular weight is 182 g/mol. The molecule has 0 N–H and O–H groups in total. The van der Waals surface area contributed by atoms with Gasteiger partial charge >= 0.3 is 0 Å². The second-order valence-corrected chi connectivity index (χ2v) is 5.26. The van der Waals surface area contributed by atoms with Crippen LogP contribution in [0.1, 0.15) is 26.7 Å². The van der Waals surface area contributed by atoms with Crippen LogP contribution in [0.3, 0.4) is 0 Å². The molecule has 1 saturated carbocycles. The number of likely N-dealkylation sites (N-methyl/N-ethyl adjacent to an activating group) is 1. The number of hydrogen-bond acceptors (Lipinski definition) is 2. The molecule has 1 aliphatic carbocycles. The topological polar surface area (TPSA) is 6.48 Å². The van der Waals surface area contributed by atoms with Crippen molar-refractivity contribution in [3.63, 3.8) is 0 Å². The normalized spacial score (nSPS) is 39.7. The van der Waals surface area contributed by atoms with E-state index < -0.39 is 0 Å². The Morgan fingerprint density at radius 3 is 2.38 bits per heavy atom. The highest BCUT2D eigenvalue weighted by Gasteiger charge is 2.54. The van der Waals surface area contributed by atoms with Crippen LogP contribution in [0.4, 0.5) is 0 Å². The van der Waals surface area contributed by atoms with Crippen LogP contribution in [0.2, 0.25) is 0 Å². The van der Waals surface area contributed by atoms with E-state index in [0.717, 1.165) is 12.0 Å². The quantitative estimate of drug-likeness (QED) is 0.637. The lowest BCUT2D eigenvalue weighted by Crippen LogP contribution is -2.57. The van der Waals surface area contributed by atoms with Crippen molar-refractivity contribution in [3.05, 3.63) is 0 Å². The standard InChI is InChI=1S/C11H22N2/c1-9(2)13-7-10-5-6-11(10,8-13)12(3)4/h9-10H,5-8H2,1-4H3. The Morgan fingerprint density at radius 1 is 1.38 bits per heavy atom. The molecule has 13 heavy (non-hydrogen) atoms. The average Bonchev–Trinajstić information content (AvgIpc) is 2.25. The van der Waals surface area contributed by atoms with Gasteiger partial charge in [-0.3, -0.25) is 4.90 Å². The summed E-state index contributed by atoms with van der Waals surface area (Å²) in [6.45, 7) is 7.25. The Hall–Kier alpha value is -0.0800. The van der Waals surface area contributed by atoms with Crippen molar-refractivity contribution in [3.8, 4) is 0 Å². The van der Waals surface area contributed by atoms with Crippen molar-refractivity contribution < 1.29 is 0 Å². The predicted molar refractivity (Wildman–Crippen MR) is 55.9 cm³/mol. The smallest absolute Gasteiger partial charge is 0.0370 e. The van der Waals surface area contributed by atoms with Crippen molar-refractivity contribution in [1.29, 1.82) is 0 Å². The summed E-state index contributed by atoms with van der Waals surface area (Å²) in [5, 5.41) is 0. The number of rotatable bonds is 2. The number of nitrogens with zero attached hydrogens (tertiary/aromatic N) is 2. The maximum Gasteiger partial charge on any atom is 0.0370 e. The van der Waals surface area contributed by atoms with Gasteiger partial charge in [0.1, 0.15) is 0 Å². The van der Waals surface area contributed by atoms with Gasteiger partial charge in [-0.2, -0.15) is 0 Å². The summed E-state index contributed by atoms with van der Waals surface area (Å²) in [5.41, 5.74) is 0.546. The van der Waals surface area contributed by atoms with Crippen LogP contribution in [0.25, 0.3) is 0 Å². The Balaban J connectivity index is 2.08. The zero-order valence-corrected chi connectivity index (χ0v) is 9.38. The van der Waals surface area contributed by atoms with Gasteiger partial charge in [0.05, 0.1) is 0 Å². The van der Waals surface area contributed by atoms with E-state index in [-0.39, 0.29) is 0 Å². The Labute approximate surface area is 81.9 Å². The van der Waals surface area contributed by atoms with E-state index in [0.29, 0.717) is 5.54 Å². The zero-order chi connectivity index (χ0) is 9.64. The van der Waals surface area contributed by atoms with Crippen molar-refractivity contribution in [2.75, 3.05) is 27.2 Å². The molecule has 1 heterocycles. The highest BCUT2D eigenvalue weighted by Crippen LogP contribution is 2.47. The van der Waals surface area contributed by atoms with Crippen LogP contribution in [-0.2, 0) is 0 Å². The molecule has 2 atom stereocenters. The van der Waals surface area contributed by atoms with Crippen molar-refractivity contribution in [2.45, 2.75) is 38.3 Å². The minimum atomic E-state index is 0.546. The molecule has 0 aromatic carbocycles. The van der Waals surface area contributed by atoms with Gasteiger partial charge in [0.25, 0.3) is 0 Å². The fraction of sp³-hybridized carbons (Fsp3) is 1.00. The number of hydrogen-bond donors (Lipinski definition) is 0. The molecule has 2 fully saturated rings. The Kier molecular flexibility index (Phi) is 2.16. The van der Waals surface area contributed by atoms with Crippen LogP contribution in [0.15, 0.2) is 0 Å². The summed E-state index contributed by atoms with van der Waals surface area (Å²) in [7, 11) is 4.49. The Morgan fingerprint density at radius 2 is 2.08 bits per heavy atom. The molecule has 2 heteroatoms. The van der Waals surface area contributed by atoms with E-state index in [1.165, 1.54) is 25.9 Å². The first kappa shape index (κ1) is 9.47. The molecule has 1 saturated heterocycles. The van der Waals surface area contributed by atoms with Gasteiger partial charge in [-0.05, 0) is 46.7 Å². The summed E-state index contributed by atoms with van der Waals surface area (Å²) < 4.78 is 0. The van der Waals surface area contributed by atoms with Crippen LogP contribution < -0.4 is 0 Å². The van der Waals surface area contributed by atoms with Gasteiger partial charge in [0, 0.05) is 24.7 Å². The summed E-state index contributed by atoms with van der Waals surface area (Å²) >= 11 is 0. The number of likely N-dealkylation sites (tertiary alicyclic amines) is 1. The molecule has 0 aromatic rings. The van der Waals surface area contributed by atoms with Gasteiger partial charge in [-0.1, -0.05) is 0 Å². The van der Waals surface area contributed by atoms with Crippen molar-refractivity contribution in [2.24, 2.45) is 5.92 Å². The van der Waals surface area contributed by atoms with Gasteiger partial charge in [-0.15, -0.1) is 0 Å². The van der Waals surface area contributed by atoms with E-state index >= 15 is 0 Å². The first-order valence-electron chi connectivity index (χ1n) is 5.48. The van der Waals surface area contributed by atoms with Crippen LogP contribution in [0, 0.1) is 5.92 Å². The molecule has 0 bridgehead atoms. The van der Waals surface area contributed by atoms with Crippen LogP contribution in [0.5, 0.6) is 0 Å². The van der Waals surface area contributed by atoms with E-state index in [9.17, 15) is 0 Å². The molecule has 0 aromatic heterocycles. The largest absolute Gasteiger partial charge is 0.302 e. The molecular weight excluding hydrogens is 160 g/mol. The summed E-state index contributed by atoms with van der Waals surface area (Å²) in [4.78, 5) is 5.10. The highest BCUT2D eigenvalue weighted by molar-refractivity contribution is 5.10. The number of fused-ring (bicyclic) bond motifs is 1. The molecule has 0 spiro atoms. The minimum absolute atomic E-state index is 0.546. The maximum absolute atomic E-state index is 2.64. The van der Waals surface area contributed by atoms with Gasteiger partial charge in [-0.25, -0.2) is 0 Å². The van der Waals surface area contributed by atoms with E-state index in [1.54, 1.807) is 0 Å². The highest BCUT2D eigenvalue weighted by atomic mass is 15.3. The van der Waals surface area contributed by atoms with Gasteiger partial charge in [0.15, 0.2) is 0 Å². The third kappa shape index (κ3) is 1.23. The molecule has 0 radical (unpaired) electrons. The molecule has 1 aliphatic heterocycles. The second-order valence-electron chi connectivity index (χ2n) is 5.26. The van der Waals surface area contributed by atoms with E-state index in [1.807, 2.05) is 0 Å². The fourth-order valence-electron chi connectivity index (χ4n) is 2.97. The lowest BCUT2D eigenvalue weighted by molar-refractivity contribution is 0.0268. The first-order chi connectivity index (χ1) is 6.06. The third-order valence-electron chi connectivity index (χ3n) is 4.24. The van der Waals surface area contributed by atoms with Gasteiger partial charge in [0.2, 0.25) is 0 Å². The van der Waals surface area contributed by atoms with Crippen molar-refractivity contribution in [1.82, 2.24) is 9.80 Å². The molecular formula is C11H22N2. The Bertz CT molecular complexity index is 200. The molecule has 0 amide bonds. The predicted octanol–water partition coefficient (Wildman–Crippen LogP) is 1.42. The molecule has 76 valence electrons. The molecule has 2 aliphatic rings. The van der Waals surface area contributed by atoms with E-state index in [2.05, 4.69) is 37.7 Å². The van der Waals surface area contributed by atoms with Crippen LogP contribution >= 0.6 is 0 Å². The minimum Gasteiger partial charge on any atom is -0.302 e. The lowest BCUT2D eigenvalue weighted by Gasteiger charge is -2.49. The van der Waals surface area contributed by atoms with Gasteiger partial charge < -0.3 is 4.90 Å². The summed E-state index contributed by atoms with van der Waals surface area (Å²) in [5.74, 6) is 0.949. The lowest BCUT2D eigenvalue weighted by atomic mass is 9.68. The summed E-state index contributed by atoms with van der Waals surface area (Å²) in [6.07, 6.45) is 2.86. The first-order valence-corrected chi connectivity index (χ1v) is 5.48. The maximum atomic E-state index is 2.64. The van der Waals surface area contributed by atoms with Crippen molar-refractivity contribution >= 4 is 0 Å². The SMILES string of the molecule is CC(C)N1CC2CCC2(N(C)C)C1. The molecule has 2 nitrogen and oxygen atoms in total. The monoisotopic (exact) mass is 182 g/mol. The fourth-order valence-corrected chi connectivity index (χ4v) is 2.97. The molecule has 2 rings (SSSR count). The summed E-state index contributed by atoms with van der Waals surface area (Å²) in [6, 6.07) is 0.724. The molecule has 2 unspecified atom stereocenters. The second kappa shape index (κ2) is 2.96. The third-order valence-corrected chi connectivity index (χ3v) is 4.24.